The highest BCUT2D eigenvalue weighted by atomic mass is 16.2. The molecule has 2 atom stereocenters. The Balaban J connectivity index is 4.25. The van der Waals surface area contributed by atoms with E-state index >= 15 is 0 Å². The van der Waals surface area contributed by atoms with Crippen molar-refractivity contribution in [2.45, 2.75) is 31.8 Å². The van der Waals surface area contributed by atoms with Crippen LogP contribution in [0, 0.1) is 0 Å². The molecule has 10 nitrogen and oxygen atoms in total. The second-order valence-electron chi connectivity index (χ2n) is 5.28. The standard InChI is InChI=1S/C14H28N6O4/c1-9(21)10(5-4-6-18-14(15)24)20-12(22)8-19-13(23)11(17-3)7-16-2/h10-11,16-17H,4-8H2,1-3H3,(H,19,23)(H,20,22)(H3,15,18,24). The number of urea groups is 1. The number of carbonyl (C=O) groups excluding carboxylic acids is 4. The van der Waals surface area contributed by atoms with Gasteiger partial charge in [0.05, 0.1) is 18.6 Å². The molecule has 0 aliphatic rings. The van der Waals surface area contributed by atoms with E-state index < -0.39 is 24.0 Å². The third-order valence-electron chi connectivity index (χ3n) is 3.29. The van der Waals surface area contributed by atoms with Crippen LogP contribution in [0.2, 0.25) is 0 Å². The number of hydrogen-bond acceptors (Lipinski definition) is 6. The van der Waals surface area contributed by atoms with Crippen molar-refractivity contribution in [3.8, 4) is 0 Å². The van der Waals surface area contributed by atoms with Crippen molar-refractivity contribution in [2.24, 2.45) is 5.73 Å². The topological polar surface area (TPSA) is 154 Å². The molecular formula is C14H28N6O4. The van der Waals surface area contributed by atoms with Crippen LogP contribution in [-0.4, -0.2) is 69.4 Å². The Kier molecular flexibility index (Phi) is 11.1. The van der Waals surface area contributed by atoms with Gasteiger partial charge in [0.25, 0.3) is 0 Å². The molecule has 24 heavy (non-hydrogen) atoms. The number of primary amides is 1. The number of ketones is 1. The Morgan fingerprint density at radius 2 is 1.71 bits per heavy atom. The predicted molar refractivity (Wildman–Crippen MR) is 89.2 cm³/mol. The van der Waals surface area contributed by atoms with Crippen LogP contribution in [0.25, 0.3) is 0 Å². The molecule has 7 N–H and O–H groups in total. The summed E-state index contributed by atoms with van der Waals surface area (Å²) in [6.45, 7) is 1.89. The van der Waals surface area contributed by atoms with Crippen LogP contribution in [-0.2, 0) is 14.4 Å². The molecule has 0 aromatic heterocycles. The predicted octanol–water partition coefficient (Wildman–Crippen LogP) is -2.57. The third kappa shape index (κ3) is 9.74. The molecule has 4 amide bonds. The van der Waals surface area contributed by atoms with Crippen molar-refractivity contribution in [1.29, 1.82) is 0 Å². The highest BCUT2D eigenvalue weighted by Crippen LogP contribution is 1.98. The van der Waals surface area contributed by atoms with Crippen molar-refractivity contribution in [3.05, 3.63) is 0 Å². The van der Waals surface area contributed by atoms with E-state index in [1.54, 1.807) is 14.1 Å². The Hall–Kier alpha value is -2.20. The van der Waals surface area contributed by atoms with Gasteiger partial charge in [0, 0.05) is 13.1 Å². The maximum atomic E-state index is 11.9. The smallest absolute Gasteiger partial charge is 0.312 e. The highest BCUT2D eigenvalue weighted by Gasteiger charge is 2.19. The molecule has 0 bridgehead atoms. The SMILES string of the molecule is CNCC(NC)C(=O)NCC(=O)NC(CCCNC(N)=O)C(C)=O. The highest BCUT2D eigenvalue weighted by molar-refractivity contribution is 5.91. The summed E-state index contributed by atoms with van der Waals surface area (Å²) < 4.78 is 0. The number of hydrogen-bond donors (Lipinski definition) is 6. The van der Waals surface area contributed by atoms with Crippen LogP contribution >= 0.6 is 0 Å². The number of nitrogens with one attached hydrogen (secondary N) is 5. The third-order valence-corrected chi connectivity index (χ3v) is 3.29. The number of Topliss-reactive ketones (excluding diaryl/α,β-unsaturated/α-hetero) is 1. The van der Waals surface area contributed by atoms with E-state index in [2.05, 4.69) is 26.6 Å². The van der Waals surface area contributed by atoms with Gasteiger partial charge in [-0.3, -0.25) is 14.4 Å². The summed E-state index contributed by atoms with van der Waals surface area (Å²) in [5, 5.41) is 13.2. The zero-order valence-electron chi connectivity index (χ0n) is 14.4. The first-order valence-corrected chi connectivity index (χ1v) is 7.74. The van der Waals surface area contributed by atoms with Crippen LogP contribution < -0.4 is 32.3 Å². The summed E-state index contributed by atoms with van der Waals surface area (Å²) in [4.78, 5) is 45.8. The summed E-state index contributed by atoms with van der Waals surface area (Å²) in [7, 11) is 3.36. The van der Waals surface area contributed by atoms with Crippen molar-refractivity contribution in [2.75, 3.05) is 33.7 Å². The molecule has 138 valence electrons. The average Bonchev–Trinajstić information content (AvgIpc) is 2.52. The molecule has 0 spiro atoms. The van der Waals surface area contributed by atoms with Crippen LogP contribution in [0.1, 0.15) is 19.8 Å². The lowest BCUT2D eigenvalue weighted by molar-refractivity contribution is -0.129. The van der Waals surface area contributed by atoms with Crippen molar-refractivity contribution in [1.82, 2.24) is 26.6 Å². The van der Waals surface area contributed by atoms with E-state index in [1.807, 2.05) is 0 Å². The van der Waals surface area contributed by atoms with Crippen molar-refractivity contribution < 1.29 is 19.2 Å². The lowest BCUT2D eigenvalue weighted by Gasteiger charge is -2.18. The Morgan fingerprint density at radius 3 is 2.21 bits per heavy atom. The van der Waals surface area contributed by atoms with E-state index in [9.17, 15) is 19.2 Å². The molecule has 0 saturated carbocycles. The first-order chi connectivity index (χ1) is 11.3. The molecule has 10 heteroatoms. The Morgan fingerprint density at radius 1 is 1.04 bits per heavy atom. The van der Waals surface area contributed by atoms with Gasteiger partial charge in [0.1, 0.15) is 0 Å². The molecule has 0 saturated heterocycles. The van der Waals surface area contributed by atoms with Gasteiger partial charge in [-0.1, -0.05) is 0 Å². The first-order valence-electron chi connectivity index (χ1n) is 7.74. The summed E-state index contributed by atoms with van der Waals surface area (Å²) in [6, 6.07) is -1.76. The molecule has 0 aromatic carbocycles. The number of amides is 4. The summed E-state index contributed by atoms with van der Waals surface area (Å²) in [5.41, 5.74) is 4.94. The molecule has 0 fully saturated rings. The largest absolute Gasteiger partial charge is 0.352 e. The molecule has 0 aliphatic heterocycles. The molecule has 0 aliphatic carbocycles. The fraction of sp³-hybridized carbons (Fsp3) is 0.714. The van der Waals surface area contributed by atoms with E-state index in [4.69, 9.17) is 5.73 Å². The van der Waals surface area contributed by atoms with E-state index in [-0.39, 0.29) is 18.2 Å². The van der Waals surface area contributed by atoms with Gasteiger partial charge in [0.2, 0.25) is 11.8 Å². The van der Waals surface area contributed by atoms with Crippen molar-refractivity contribution in [3.63, 3.8) is 0 Å². The minimum Gasteiger partial charge on any atom is -0.352 e. The summed E-state index contributed by atoms with van der Waals surface area (Å²) >= 11 is 0. The van der Waals surface area contributed by atoms with Gasteiger partial charge in [0.15, 0.2) is 5.78 Å². The van der Waals surface area contributed by atoms with Gasteiger partial charge in [-0.05, 0) is 33.9 Å². The van der Waals surface area contributed by atoms with E-state index in [1.165, 1.54) is 6.92 Å². The van der Waals surface area contributed by atoms with Crippen LogP contribution in [0.15, 0.2) is 0 Å². The van der Waals surface area contributed by atoms with Crippen LogP contribution in [0.5, 0.6) is 0 Å². The number of rotatable bonds is 12. The Labute approximate surface area is 141 Å². The zero-order valence-corrected chi connectivity index (χ0v) is 14.4. The number of nitrogens with two attached hydrogens (primary N) is 1. The van der Waals surface area contributed by atoms with E-state index in [0.717, 1.165) is 0 Å². The number of likely N-dealkylation sites (N-methyl/N-ethyl adjacent to an activating group) is 2. The zero-order chi connectivity index (χ0) is 18.5. The van der Waals surface area contributed by atoms with Gasteiger partial charge < -0.3 is 32.3 Å². The fourth-order valence-corrected chi connectivity index (χ4v) is 1.96. The second-order valence-corrected chi connectivity index (χ2v) is 5.28. The van der Waals surface area contributed by atoms with Gasteiger partial charge in [-0.2, -0.15) is 0 Å². The normalized spacial score (nSPS) is 12.8. The van der Waals surface area contributed by atoms with Gasteiger partial charge in [-0.15, -0.1) is 0 Å². The lowest BCUT2D eigenvalue weighted by atomic mass is 10.1. The molecule has 0 heterocycles. The quantitative estimate of drug-likeness (QED) is 0.214. The number of carbonyl (C=O) groups is 4. The fourth-order valence-electron chi connectivity index (χ4n) is 1.96. The molecular weight excluding hydrogens is 316 g/mol. The molecule has 2 unspecified atom stereocenters. The first kappa shape index (κ1) is 21.8. The summed E-state index contributed by atoms with van der Waals surface area (Å²) in [5.74, 6) is -0.963. The van der Waals surface area contributed by atoms with Gasteiger partial charge in [-0.25, -0.2) is 4.79 Å². The minimum atomic E-state index is -0.665. The molecule has 0 radical (unpaired) electrons. The maximum absolute atomic E-state index is 11.9. The lowest BCUT2D eigenvalue weighted by Crippen LogP contribution is -2.51. The second kappa shape index (κ2) is 12.3. The minimum absolute atomic E-state index is 0.197. The Bertz CT molecular complexity index is 443. The average molecular weight is 344 g/mol. The summed E-state index contributed by atoms with van der Waals surface area (Å²) in [6.07, 6.45) is 0.859. The van der Waals surface area contributed by atoms with E-state index in [0.29, 0.717) is 25.9 Å². The monoisotopic (exact) mass is 344 g/mol. The van der Waals surface area contributed by atoms with Crippen LogP contribution in [0.3, 0.4) is 0 Å². The van der Waals surface area contributed by atoms with Crippen LogP contribution in [0.4, 0.5) is 4.79 Å². The maximum Gasteiger partial charge on any atom is 0.312 e. The molecule has 0 aromatic rings. The van der Waals surface area contributed by atoms with Gasteiger partial charge >= 0.3 is 6.03 Å². The molecule has 0 rings (SSSR count). The van der Waals surface area contributed by atoms with Crippen molar-refractivity contribution >= 4 is 23.6 Å².